The zero-order valence-electron chi connectivity index (χ0n) is 13.2. The molecule has 1 spiro atoms. The highest BCUT2D eigenvalue weighted by molar-refractivity contribution is 7.88. The molecule has 5 nitrogen and oxygen atoms in total. The lowest BCUT2D eigenvalue weighted by Crippen LogP contribution is -2.43. The van der Waals surface area contributed by atoms with Gasteiger partial charge in [-0.2, -0.15) is 0 Å². The van der Waals surface area contributed by atoms with Crippen LogP contribution < -0.4 is 0 Å². The number of piperidine rings is 1. The van der Waals surface area contributed by atoms with Gasteiger partial charge in [-0.25, -0.2) is 12.7 Å². The van der Waals surface area contributed by atoms with Crippen LogP contribution in [0.25, 0.3) is 0 Å². The van der Waals surface area contributed by atoms with Crippen LogP contribution >= 0.6 is 11.6 Å². The number of nitrogens with zero attached hydrogens (tertiary/aromatic N) is 2. The summed E-state index contributed by atoms with van der Waals surface area (Å²) in [6, 6.07) is 7.54. The van der Waals surface area contributed by atoms with Crippen LogP contribution in [-0.4, -0.2) is 49.4 Å². The molecule has 0 bridgehead atoms. The standard InChI is InChI=1S/C16H21ClN2O3S/c1-23(21,22)19-8-6-16(7-9-19)10-15(20)18(12-16)11-13-2-4-14(17)5-3-13/h2-5H,6-12H2,1H3. The highest BCUT2D eigenvalue weighted by Gasteiger charge is 2.45. The predicted octanol–water partition coefficient (Wildman–Crippen LogP) is 2.11. The molecule has 1 aromatic rings. The first-order valence-electron chi connectivity index (χ1n) is 7.75. The van der Waals surface area contributed by atoms with E-state index in [9.17, 15) is 13.2 Å². The molecule has 23 heavy (non-hydrogen) atoms. The highest BCUT2D eigenvalue weighted by atomic mass is 35.5. The molecule has 0 aliphatic carbocycles. The molecule has 2 saturated heterocycles. The van der Waals surface area contributed by atoms with Crippen LogP contribution in [0.3, 0.4) is 0 Å². The van der Waals surface area contributed by atoms with Crippen LogP contribution in [-0.2, 0) is 21.4 Å². The summed E-state index contributed by atoms with van der Waals surface area (Å²) >= 11 is 5.89. The van der Waals surface area contributed by atoms with E-state index in [1.807, 2.05) is 29.2 Å². The van der Waals surface area contributed by atoms with Gasteiger partial charge in [0.1, 0.15) is 0 Å². The third-order valence-electron chi connectivity index (χ3n) is 4.94. The van der Waals surface area contributed by atoms with Crippen molar-refractivity contribution in [2.75, 3.05) is 25.9 Å². The van der Waals surface area contributed by atoms with Crippen molar-refractivity contribution in [3.8, 4) is 0 Å². The first-order chi connectivity index (χ1) is 10.8. The van der Waals surface area contributed by atoms with Gasteiger partial charge in [0.05, 0.1) is 6.26 Å². The Morgan fingerprint density at radius 1 is 1.17 bits per heavy atom. The minimum Gasteiger partial charge on any atom is -0.338 e. The molecule has 3 rings (SSSR count). The number of carbonyl (C=O) groups excluding carboxylic acids is 1. The van der Waals surface area contributed by atoms with E-state index in [1.54, 1.807) is 0 Å². The number of likely N-dealkylation sites (tertiary alicyclic amines) is 1. The van der Waals surface area contributed by atoms with Crippen LogP contribution in [0.5, 0.6) is 0 Å². The molecular formula is C16H21ClN2O3S. The Hall–Kier alpha value is -1.11. The van der Waals surface area contributed by atoms with Gasteiger partial charge in [-0.15, -0.1) is 0 Å². The summed E-state index contributed by atoms with van der Waals surface area (Å²) in [7, 11) is -3.13. The van der Waals surface area contributed by atoms with Crippen LogP contribution in [0.1, 0.15) is 24.8 Å². The van der Waals surface area contributed by atoms with Crippen LogP contribution in [0, 0.1) is 5.41 Å². The SMILES string of the molecule is CS(=O)(=O)N1CCC2(CC1)CC(=O)N(Cc1ccc(Cl)cc1)C2. The largest absolute Gasteiger partial charge is 0.338 e. The second kappa shape index (κ2) is 6.07. The smallest absolute Gasteiger partial charge is 0.223 e. The fraction of sp³-hybridized carbons (Fsp3) is 0.562. The Bertz CT molecular complexity index is 695. The first kappa shape index (κ1) is 16.7. The normalized spacial score (nSPS) is 22.0. The van der Waals surface area contributed by atoms with Gasteiger partial charge in [-0.05, 0) is 36.0 Å². The number of rotatable bonds is 3. The summed E-state index contributed by atoms with van der Waals surface area (Å²) in [6.07, 6.45) is 3.28. The van der Waals surface area contributed by atoms with E-state index < -0.39 is 10.0 Å². The molecule has 2 heterocycles. The minimum atomic E-state index is -3.13. The summed E-state index contributed by atoms with van der Waals surface area (Å²) in [6.45, 7) is 2.33. The molecule has 2 fully saturated rings. The van der Waals surface area contributed by atoms with Gasteiger partial charge in [0.25, 0.3) is 0 Å². The molecule has 0 N–H and O–H groups in total. The number of carbonyl (C=O) groups is 1. The molecule has 126 valence electrons. The molecule has 2 aliphatic rings. The fourth-order valence-electron chi connectivity index (χ4n) is 3.56. The first-order valence-corrected chi connectivity index (χ1v) is 9.97. The topological polar surface area (TPSA) is 57.7 Å². The Morgan fingerprint density at radius 3 is 2.35 bits per heavy atom. The maximum atomic E-state index is 12.4. The molecule has 0 unspecified atom stereocenters. The van der Waals surface area contributed by atoms with Crippen LogP contribution in [0.4, 0.5) is 0 Å². The van der Waals surface area contributed by atoms with Crippen molar-refractivity contribution in [1.82, 2.24) is 9.21 Å². The Kier molecular flexibility index (Phi) is 4.42. The van der Waals surface area contributed by atoms with E-state index in [4.69, 9.17) is 11.6 Å². The van der Waals surface area contributed by atoms with Crippen molar-refractivity contribution >= 4 is 27.5 Å². The van der Waals surface area contributed by atoms with Gasteiger partial charge < -0.3 is 4.90 Å². The van der Waals surface area contributed by atoms with Gasteiger partial charge in [-0.3, -0.25) is 4.79 Å². The van der Waals surface area contributed by atoms with E-state index in [0.717, 1.165) is 18.4 Å². The molecular weight excluding hydrogens is 336 g/mol. The quantitative estimate of drug-likeness (QED) is 0.833. The third-order valence-corrected chi connectivity index (χ3v) is 6.50. The van der Waals surface area contributed by atoms with E-state index in [1.165, 1.54) is 10.6 Å². The van der Waals surface area contributed by atoms with E-state index >= 15 is 0 Å². The van der Waals surface area contributed by atoms with Crippen molar-refractivity contribution in [1.29, 1.82) is 0 Å². The molecule has 7 heteroatoms. The van der Waals surface area contributed by atoms with E-state index in [0.29, 0.717) is 37.6 Å². The predicted molar refractivity (Wildman–Crippen MR) is 89.6 cm³/mol. The number of hydrogen-bond donors (Lipinski definition) is 0. The van der Waals surface area contributed by atoms with Gasteiger partial charge >= 0.3 is 0 Å². The summed E-state index contributed by atoms with van der Waals surface area (Å²) in [5.74, 6) is 0.160. The Labute approximate surface area is 142 Å². The molecule has 1 aromatic carbocycles. The Balaban J connectivity index is 1.65. The number of amides is 1. The molecule has 2 aliphatic heterocycles. The number of halogens is 1. The van der Waals surface area contributed by atoms with Gasteiger partial charge in [0, 0.05) is 37.6 Å². The van der Waals surface area contributed by atoms with Gasteiger partial charge in [-0.1, -0.05) is 23.7 Å². The van der Waals surface area contributed by atoms with Crippen LogP contribution in [0.15, 0.2) is 24.3 Å². The summed E-state index contributed by atoms with van der Waals surface area (Å²) in [5.41, 5.74) is 0.999. The van der Waals surface area contributed by atoms with E-state index in [-0.39, 0.29) is 11.3 Å². The maximum absolute atomic E-state index is 12.4. The summed E-state index contributed by atoms with van der Waals surface area (Å²) in [5, 5.41) is 0.686. The Morgan fingerprint density at radius 2 is 1.78 bits per heavy atom. The third kappa shape index (κ3) is 3.70. The number of sulfonamides is 1. The zero-order valence-corrected chi connectivity index (χ0v) is 14.7. The molecule has 0 aromatic heterocycles. The van der Waals surface area contributed by atoms with Crippen molar-refractivity contribution in [3.05, 3.63) is 34.9 Å². The van der Waals surface area contributed by atoms with Crippen molar-refractivity contribution in [3.63, 3.8) is 0 Å². The van der Waals surface area contributed by atoms with Crippen molar-refractivity contribution in [2.24, 2.45) is 5.41 Å². The lowest BCUT2D eigenvalue weighted by atomic mass is 9.78. The number of hydrogen-bond acceptors (Lipinski definition) is 3. The van der Waals surface area contributed by atoms with Gasteiger partial charge in [0.2, 0.25) is 15.9 Å². The van der Waals surface area contributed by atoms with E-state index in [2.05, 4.69) is 0 Å². The molecule has 0 radical (unpaired) electrons. The fourth-order valence-corrected chi connectivity index (χ4v) is 4.53. The average molecular weight is 357 g/mol. The number of benzene rings is 1. The van der Waals surface area contributed by atoms with Crippen molar-refractivity contribution in [2.45, 2.75) is 25.8 Å². The van der Waals surface area contributed by atoms with Crippen LogP contribution in [0.2, 0.25) is 5.02 Å². The summed E-state index contributed by atoms with van der Waals surface area (Å²) < 4.78 is 24.8. The average Bonchev–Trinajstić information content (AvgIpc) is 2.76. The molecule has 0 atom stereocenters. The highest BCUT2D eigenvalue weighted by Crippen LogP contribution is 2.41. The van der Waals surface area contributed by atoms with Gasteiger partial charge in [0.15, 0.2) is 0 Å². The second-order valence-corrected chi connectivity index (χ2v) is 9.13. The maximum Gasteiger partial charge on any atom is 0.223 e. The monoisotopic (exact) mass is 356 g/mol. The second-order valence-electron chi connectivity index (χ2n) is 6.72. The lowest BCUT2D eigenvalue weighted by molar-refractivity contribution is -0.128. The molecule has 0 saturated carbocycles. The lowest BCUT2D eigenvalue weighted by Gasteiger charge is -2.37. The molecule has 1 amide bonds. The summed E-state index contributed by atoms with van der Waals surface area (Å²) in [4.78, 5) is 14.3. The minimum absolute atomic E-state index is 0.0648. The zero-order chi connectivity index (χ0) is 16.7. The van der Waals surface area contributed by atoms with Crippen molar-refractivity contribution < 1.29 is 13.2 Å².